The number of hydrogen-bond donors (Lipinski definition) is 2. The highest BCUT2D eigenvalue weighted by Crippen LogP contribution is 2.36. The van der Waals surface area contributed by atoms with E-state index in [9.17, 15) is 4.79 Å². The van der Waals surface area contributed by atoms with Crippen molar-refractivity contribution in [2.24, 2.45) is 0 Å². The molecule has 1 aliphatic heterocycles. The van der Waals surface area contributed by atoms with Gasteiger partial charge in [0.2, 0.25) is 0 Å². The molecule has 2 amide bonds. The fraction of sp³-hybridized carbons (Fsp3) is 0.435. The lowest BCUT2D eigenvalue weighted by molar-refractivity contribution is 0.00578. The zero-order valence-corrected chi connectivity index (χ0v) is 18.9. The van der Waals surface area contributed by atoms with Gasteiger partial charge in [0.25, 0.3) is 0 Å². The van der Waals surface area contributed by atoms with Gasteiger partial charge in [0, 0.05) is 18.3 Å². The smallest absolute Gasteiger partial charge is 0.494 e. The Kier molecular flexibility index (Phi) is 7.13. The lowest BCUT2D eigenvalue weighted by Gasteiger charge is -2.32. The predicted octanol–water partition coefficient (Wildman–Crippen LogP) is 3.59. The number of methoxy groups -OCH3 is 1. The topological polar surface area (TPSA) is 78.1 Å². The molecule has 31 heavy (non-hydrogen) atoms. The first-order chi connectivity index (χ1) is 14.7. The van der Waals surface area contributed by atoms with Crippen LogP contribution in [0.15, 0.2) is 48.5 Å². The summed E-state index contributed by atoms with van der Waals surface area (Å²) in [4.78, 5) is 12.0. The maximum Gasteiger partial charge on any atom is 0.494 e. The Bertz CT molecular complexity index is 870. The van der Waals surface area contributed by atoms with Gasteiger partial charge in [0.15, 0.2) is 0 Å². The van der Waals surface area contributed by atoms with Crippen LogP contribution in [0.3, 0.4) is 0 Å². The van der Waals surface area contributed by atoms with Crippen molar-refractivity contribution >= 4 is 24.3 Å². The van der Waals surface area contributed by atoms with Crippen LogP contribution < -0.4 is 25.6 Å². The summed E-state index contributed by atoms with van der Waals surface area (Å²) >= 11 is 0. The van der Waals surface area contributed by atoms with Crippen LogP contribution >= 0.6 is 0 Å². The summed E-state index contributed by atoms with van der Waals surface area (Å²) in [6, 6.07) is 14.7. The lowest BCUT2D eigenvalue weighted by atomic mass is 9.79. The Labute approximate surface area is 184 Å². The van der Waals surface area contributed by atoms with Crippen LogP contribution in [-0.2, 0) is 9.31 Å². The van der Waals surface area contributed by atoms with Gasteiger partial charge in [-0.2, -0.15) is 0 Å². The third-order valence-corrected chi connectivity index (χ3v) is 5.61. The number of benzene rings is 2. The summed E-state index contributed by atoms with van der Waals surface area (Å²) in [5, 5.41) is 5.59. The zero-order valence-electron chi connectivity index (χ0n) is 18.9. The fourth-order valence-electron chi connectivity index (χ4n) is 3.04. The second-order valence-electron chi connectivity index (χ2n) is 8.47. The average molecular weight is 426 g/mol. The summed E-state index contributed by atoms with van der Waals surface area (Å²) in [7, 11) is 1.20. The molecular formula is C23H31BN2O5. The highest BCUT2D eigenvalue weighted by atomic mass is 16.7. The van der Waals surface area contributed by atoms with Gasteiger partial charge in [0.05, 0.1) is 24.9 Å². The molecule has 0 radical (unpaired) electrons. The Hall–Kier alpha value is -2.71. The van der Waals surface area contributed by atoms with Gasteiger partial charge in [-0.3, -0.25) is 0 Å². The van der Waals surface area contributed by atoms with Gasteiger partial charge in [-0.1, -0.05) is 18.2 Å². The molecule has 0 aliphatic carbocycles. The van der Waals surface area contributed by atoms with E-state index in [1.807, 2.05) is 64.1 Å². The van der Waals surface area contributed by atoms with Gasteiger partial charge < -0.3 is 29.4 Å². The molecule has 3 rings (SSSR count). The van der Waals surface area contributed by atoms with Crippen LogP contribution in [0.1, 0.15) is 34.1 Å². The Morgan fingerprint density at radius 1 is 1.00 bits per heavy atom. The molecule has 0 unspecified atom stereocenters. The maximum atomic E-state index is 12.0. The van der Waals surface area contributed by atoms with E-state index in [1.54, 1.807) is 19.2 Å². The summed E-state index contributed by atoms with van der Waals surface area (Å²) in [5.74, 6) is 1.46. The number of urea groups is 1. The van der Waals surface area contributed by atoms with E-state index in [0.29, 0.717) is 31.0 Å². The third-order valence-electron chi connectivity index (χ3n) is 5.61. The zero-order chi connectivity index (χ0) is 22.5. The Morgan fingerprint density at radius 2 is 1.68 bits per heavy atom. The highest BCUT2D eigenvalue weighted by molar-refractivity contribution is 6.62. The highest BCUT2D eigenvalue weighted by Gasteiger charge is 2.51. The van der Waals surface area contributed by atoms with Crippen molar-refractivity contribution in [3.8, 4) is 11.5 Å². The summed E-state index contributed by atoms with van der Waals surface area (Å²) in [5.41, 5.74) is 0.911. The fourth-order valence-corrected chi connectivity index (χ4v) is 3.04. The monoisotopic (exact) mass is 426 g/mol. The number of hydrogen-bond acceptors (Lipinski definition) is 5. The van der Waals surface area contributed by atoms with Crippen molar-refractivity contribution < 1.29 is 23.6 Å². The first kappa shape index (κ1) is 23.0. The van der Waals surface area contributed by atoms with Gasteiger partial charge in [-0.25, -0.2) is 4.79 Å². The van der Waals surface area contributed by atoms with Gasteiger partial charge in [-0.05, 0) is 63.8 Å². The quantitative estimate of drug-likeness (QED) is 0.499. The van der Waals surface area contributed by atoms with Gasteiger partial charge in [-0.15, -0.1) is 0 Å². The summed E-state index contributed by atoms with van der Waals surface area (Å²) < 4.78 is 23.0. The molecule has 8 heteroatoms. The molecule has 2 aromatic rings. The number of carbonyl (C=O) groups is 1. The van der Waals surface area contributed by atoms with Crippen LogP contribution in [0.4, 0.5) is 10.5 Å². The van der Waals surface area contributed by atoms with Crippen molar-refractivity contribution in [3.05, 3.63) is 48.5 Å². The minimum atomic E-state index is -0.383. The minimum Gasteiger partial charge on any atom is -0.497 e. The van der Waals surface area contributed by atoms with Crippen molar-refractivity contribution in [1.29, 1.82) is 0 Å². The molecule has 1 saturated heterocycles. The molecule has 7 nitrogen and oxygen atoms in total. The second kappa shape index (κ2) is 9.62. The molecular weight excluding hydrogens is 395 g/mol. The number of nitrogens with one attached hydrogen (secondary N) is 2. The van der Waals surface area contributed by atoms with Crippen molar-refractivity contribution in [3.63, 3.8) is 0 Å². The van der Waals surface area contributed by atoms with E-state index in [0.717, 1.165) is 11.2 Å². The van der Waals surface area contributed by atoms with Gasteiger partial charge >= 0.3 is 13.1 Å². The molecule has 2 N–H and O–H groups in total. The number of anilines is 1. The van der Waals surface area contributed by atoms with Crippen LogP contribution in [0, 0.1) is 0 Å². The van der Waals surface area contributed by atoms with Crippen LogP contribution in [0.5, 0.6) is 11.5 Å². The number of ether oxygens (including phenoxy) is 2. The van der Waals surface area contributed by atoms with Crippen LogP contribution in [-0.4, -0.2) is 44.6 Å². The van der Waals surface area contributed by atoms with E-state index in [-0.39, 0.29) is 24.4 Å². The Morgan fingerprint density at radius 3 is 2.32 bits per heavy atom. The van der Waals surface area contributed by atoms with Gasteiger partial charge in [0.1, 0.15) is 11.5 Å². The molecule has 166 valence electrons. The SMILES string of the molecule is COc1cccc(NC(=O)NCCCOc2ccc(B3OC(C)(C)C(C)(C)O3)cc2)c1. The van der Waals surface area contributed by atoms with Crippen molar-refractivity contribution in [2.75, 3.05) is 25.6 Å². The van der Waals surface area contributed by atoms with Crippen molar-refractivity contribution in [2.45, 2.75) is 45.3 Å². The molecule has 0 bridgehead atoms. The van der Waals surface area contributed by atoms with Crippen LogP contribution in [0.25, 0.3) is 0 Å². The molecule has 1 aliphatic rings. The van der Waals surface area contributed by atoms with Crippen molar-refractivity contribution in [1.82, 2.24) is 5.32 Å². The molecule has 1 heterocycles. The van der Waals surface area contributed by atoms with E-state index in [2.05, 4.69) is 10.6 Å². The standard InChI is InChI=1S/C23H31BN2O5/c1-22(2)23(3,4)31-24(30-22)17-10-12-19(13-11-17)29-15-7-14-25-21(27)26-18-8-6-9-20(16-18)28-5/h6,8-13,16H,7,14-15H2,1-5H3,(H2,25,26,27). The number of amides is 2. The summed E-state index contributed by atoms with van der Waals surface area (Å²) in [6.45, 7) is 9.15. The maximum absolute atomic E-state index is 12.0. The minimum absolute atomic E-state index is 0.264. The first-order valence-electron chi connectivity index (χ1n) is 10.5. The summed E-state index contributed by atoms with van der Waals surface area (Å²) in [6.07, 6.45) is 0.685. The second-order valence-corrected chi connectivity index (χ2v) is 8.47. The number of carbonyl (C=O) groups excluding carboxylic acids is 1. The van der Waals surface area contributed by atoms with E-state index >= 15 is 0 Å². The predicted molar refractivity (Wildman–Crippen MR) is 122 cm³/mol. The molecule has 0 atom stereocenters. The molecule has 0 saturated carbocycles. The molecule has 1 fully saturated rings. The van der Waals surface area contributed by atoms with E-state index < -0.39 is 0 Å². The van der Waals surface area contributed by atoms with E-state index in [4.69, 9.17) is 18.8 Å². The lowest BCUT2D eigenvalue weighted by Crippen LogP contribution is -2.41. The normalized spacial score (nSPS) is 16.6. The number of rotatable bonds is 8. The molecule has 2 aromatic carbocycles. The third kappa shape index (κ3) is 5.92. The molecule has 0 spiro atoms. The van der Waals surface area contributed by atoms with Crippen LogP contribution in [0.2, 0.25) is 0 Å². The Balaban J connectivity index is 1.37. The first-order valence-corrected chi connectivity index (χ1v) is 10.5. The largest absolute Gasteiger partial charge is 0.497 e. The van der Waals surface area contributed by atoms with E-state index in [1.165, 1.54) is 0 Å². The molecule has 0 aromatic heterocycles. The average Bonchev–Trinajstić information content (AvgIpc) is 2.95.